The number of esters is 1. The van der Waals surface area contributed by atoms with Gasteiger partial charge < -0.3 is 10.1 Å². The van der Waals surface area contributed by atoms with E-state index >= 15 is 0 Å². The number of benzene rings is 2. The summed E-state index contributed by atoms with van der Waals surface area (Å²) in [4.78, 5) is 65.9. The summed E-state index contributed by atoms with van der Waals surface area (Å²) in [6.07, 6.45) is 2.47. The third kappa shape index (κ3) is 3.44. The maximum Gasteiger partial charge on any atom is 0.308 e. The molecule has 0 saturated heterocycles. The van der Waals surface area contributed by atoms with Gasteiger partial charge in [-0.1, -0.05) is 37.1 Å². The smallest absolute Gasteiger partial charge is 0.308 e. The molecule has 1 saturated carbocycles. The van der Waals surface area contributed by atoms with E-state index < -0.39 is 35.8 Å². The molecule has 2 heterocycles. The number of anilines is 2. The minimum Gasteiger partial charge on any atom is -0.455 e. The fraction of sp³-hybridized carbons (Fsp3) is 0.320. The molecule has 9 nitrogen and oxygen atoms in total. The molecule has 0 aromatic heterocycles. The number of amides is 4. The van der Waals surface area contributed by atoms with Gasteiger partial charge in [0.2, 0.25) is 0 Å². The molecule has 174 valence electrons. The number of para-hydroxylation sites is 2. The van der Waals surface area contributed by atoms with Gasteiger partial charge in [-0.2, -0.15) is 0 Å². The van der Waals surface area contributed by atoms with Crippen molar-refractivity contribution in [2.24, 2.45) is 0 Å². The van der Waals surface area contributed by atoms with Gasteiger partial charge in [0.15, 0.2) is 6.61 Å². The Balaban J connectivity index is 1.24. The third-order valence-corrected chi connectivity index (χ3v) is 6.70. The van der Waals surface area contributed by atoms with Gasteiger partial charge in [-0.3, -0.25) is 33.8 Å². The fourth-order valence-electron chi connectivity index (χ4n) is 5.05. The highest BCUT2D eigenvalue weighted by molar-refractivity contribution is 6.21. The average Bonchev–Trinajstić information content (AvgIpc) is 3.42. The number of ether oxygens (including phenoxy) is 1. The summed E-state index contributed by atoms with van der Waals surface area (Å²) >= 11 is 0. The molecule has 0 bridgehead atoms. The Morgan fingerprint density at radius 1 is 0.912 bits per heavy atom. The van der Waals surface area contributed by atoms with Crippen LogP contribution in [0, 0.1) is 0 Å². The molecule has 1 aliphatic carbocycles. The first-order chi connectivity index (χ1) is 16.4. The van der Waals surface area contributed by atoms with Crippen molar-refractivity contribution >= 4 is 41.0 Å². The number of imide groups is 1. The summed E-state index contributed by atoms with van der Waals surface area (Å²) in [5, 5.41) is 2.90. The van der Waals surface area contributed by atoms with Gasteiger partial charge in [0.25, 0.3) is 23.6 Å². The first kappa shape index (κ1) is 21.8. The molecule has 1 N–H and O–H groups in total. The van der Waals surface area contributed by atoms with Crippen molar-refractivity contribution < 1.29 is 28.7 Å². The fourth-order valence-corrected chi connectivity index (χ4v) is 5.05. The summed E-state index contributed by atoms with van der Waals surface area (Å²) in [6, 6.07) is 13.5. The largest absolute Gasteiger partial charge is 0.455 e. The first-order valence-electron chi connectivity index (χ1n) is 11.3. The van der Waals surface area contributed by atoms with Crippen LogP contribution in [-0.2, 0) is 19.1 Å². The van der Waals surface area contributed by atoms with Crippen molar-refractivity contribution in [3.8, 4) is 0 Å². The molecule has 0 unspecified atom stereocenters. The van der Waals surface area contributed by atoms with Gasteiger partial charge in [-0.25, -0.2) is 0 Å². The summed E-state index contributed by atoms with van der Waals surface area (Å²) in [5.74, 6) is -2.33. The van der Waals surface area contributed by atoms with E-state index in [4.69, 9.17) is 4.74 Å². The molecule has 3 aliphatic rings. The summed E-state index contributed by atoms with van der Waals surface area (Å²) < 4.78 is 5.21. The lowest BCUT2D eigenvalue weighted by molar-refractivity contribution is -0.148. The number of carbonyl (C=O) groups excluding carboxylic acids is 5. The molecule has 0 radical (unpaired) electrons. The molecule has 9 heteroatoms. The van der Waals surface area contributed by atoms with Gasteiger partial charge in [-0.15, -0.1) is 0 Å². The van der Waals surface area contributed by atoms with Crippen molar-refractivity contribution in [3.63, 3.8) is 0 Å². The van der Waals surface area contributed by atoms with Crippen molar-refractivity contribution in [1.29, 1.82) is 0 Å². The maximum absolute atomic E-state index is 13.2. The molecule has 0 atom stereocenters. The predicted molar refractivity (Wildman–Crippen MR) is 121 cm³/mol. The normalized spacial score (nSPS) is 18.1. The number of hydrogen-bond acceptors (Lipinski definition) is 6. The average molecular weight is 461 g/mol. The number of nitrogens with one attached hydrogen (secondary N) is 1. The van der Waals surface area contributed by atoms with Crippen molar-refractivity contribution in [3.05, 3.63) is 59.7 Å². The quantitative estimate of drug-likeness (QED) is 0.541. The SMILES string of the molecule is O=C(CCN1C(=O)c2ccccc2C1=O)OCC(=O)N1c2ccccc2NC(=O)C12CCCC2. The topological polar surface area (TPSA) is 113 Å². The lowest BCUT2D eigenvalue weighted by Gasteiger charge is -2.44. The van der Waals surface area contributed by atoms with Crippen LogP contribution in [0.2, 0.25) is 0 Å². The molecule has 2 aromatic rings. The van der Waals surface area contributed by atoms with E-state index in [1.54, 1.807) is 48.5 Å². The predicted octanol–water partition coefficient (Wildman–Crippen LogP) is 2.51. The van der Waals surface area contributed by atoms with Crippen LogP contribution >= 0.6 is 0 Å². The Labute approximate surface area is 195 Å². The number of carbonyl (C=O) groups is 5. The molecular formula is C25H23N3O6. The van der Waals surface area contributed by atoms with E-state index in [2.05, 4.69) is 5.32 Å². The van der Waals surface area contributed by atoms with Gasteiger partial charge in [0, 0.05) is 6.54 Å². The molecule has 1 fully saturated rings. The second kappa shape index (κ2) is 8.40. The standard InChI is InChI=1S/C25H23N3O6/c29-20(28-19-10-4-3-9-18(19)26-24(33)25(28)12-5-6-13-25)15-34-21(30)11-14-27-22(31)16-7-1-2-8-17(16)23(27)32/h1-4,7-10H,5-6,11-15H2,(H,26,33). The Morgan fingerprint density at radius 3 is 2.21 bits per heavy atom. The van der Waals surface area contributed by atoms with Gasteiger partial charge in [0.1, 0.15) is 5.54 Å². The second-order valence-electron chi connectivity index (χ2n) is 8.66. The zero-order valence-electron chi connectivity index (χ0n) is 18.4. The molecule has 4 amide bonds. The van der Waals surface area contributed by atoms with Crippen LogP contribution < -0.4 is 10.2 Å². The monoisotopic (exact) mass is 461 g/mol. The van der Waals surface area contributed by atoms with E-state index in [1.165, 1.54) is 4.90 Å². The number of hydrogen-bond donors (Lipinski definition) is 1. The Hall–Kier alpha value is -4.01. The van der Waals surface area contributed by atoms with Crippen molar-refractivity contribution in [1.82, 2.24) is 4.90 Å². The lowest BCUT2D eigenvalue weighted by atomic mass is 9.90. The van der Waals surface area contributed by atoms with E-state index in [0.717, 1.165) is 17.7 Å². The van der Waals surface area contributed by atoms with Gasteiger partial charge >= 0.3 is 5.97 Å². The van der Waals surface area contributed by atoms with Crippen LogP contribution in [0.5, 0.6) is 0 Å². The van der Waals surface area contributed by atoms with Crippen LogP contribution in [0.3, 0.4) is 0 Å². The molecule has 34 heavy (non-hydrogen) atoms. The van der Waals surface area contributed by atoms with E-state index in [1.807, 2.05) is 0 Å². The number of nitrogens with zero attached hydrogens (tertiary/aromatic N) is 2. The second-order valence-corrected chi connectivity index (χ2v) is 8.66. The van der Waals surface area contributed by atoms with Crippen LogP contribution in [0.15, 0.2) is 48.5 Å². The van der Waals surface area contributed by atoms with Crippen LogP contribution in [0.1, 0.15) is 52.8 Å². The third-order valence-electron chi connectivity index (χ3n) is 6.70. The number of rotatable bonds is 5. The summed E-state index contributed by atoms with van der Waals surface area (Å²) in [5.41, 5.74) is 0.740. The van der Waals surface area contributed by atoms with Gasteiger partial charge in [0.05, 0.1) is 28.9 Å². The Kier molecular flexibility index (Phi) is 5.39. The maximum atomic E-state index is 13.2. The molecule has 2 aromatic carbocycles. The summed E-state index contributed by atoms with van der Waals surface area (Å²) in [7, 11) is 0. The van der Waals surface area contributed by atoms with E-state index in [9.17, 15) is 24.0 Å². The first-order valence-corrected chi connectivity index (χ1v) is 11.3. The summed E-state index contributed by atoms with van der Waals surface area (Å²) in [6.45, 7) is -0.678. The van der Waals surface area contributed by atoms with Crippen LogP contribution in [0.4, 0.5) is 11.4 Å². The van der Waals surface area contributed by atoms with E-state index in [0.29, 0.717) is 35.3 Å². The molecule has 1 spiro atoms. The van der Waals surface area contributed by atoms with Crippen molar-refractivity contribution in [2.75, 3.05) is 23.4 Å². The highest BCUT2D eigenvalue weighted by Gasteiger charge is 2.52. The highest BCUT2D eigenvalue weighted by Crippen LogP contribution is 2.45. The van der Waals surface area contributed by atoms with Crippen LogP contribution in [-0.4, -0.2) is 53.2 Å². The van der Waals surface area contributed by atoms with Gasteiger partial charge in [-0.05, 0) is 37.1 Å². The molecule has 2 aliphatic heterocycles. The lowest BCUT2D eigenvalue weighted by Crippen LogP contribution is -2.61. The van der Waals surface area contributed by atoms with Crippen molar-refractivity contribution in [2.45, 2.75) is 37.6 Å². The molecular weight excluding hydrogens is 438 g/mol. The zero-order valence-corrected chi connectivity index (χ0v) is 18.4. The zero-order chi connectivity index (χ0) is 23.9. The highest BCUT2D eigenvalue weighted by atomic mass is 16.5. The Morgan fingerprint density at radius 2 is 1.53 bits per heavy atom. The van der Waals surface area contributed by atoms with E-state index in [-0.39, 0.29) is 18.9 Å². The number of fused-ring (bicyclic) bond motifs is 2. The minimum atomic E-state index is -0.988. The van der Waals surface area contributed by atoms with Crippen LogP contribution in [0.25, 0.3) is 0 Å². The minimum absolute atomic E-state index is 0.141. The molecule has 5 rings (SSSR count). The Bertz CT molecular complexity index is 1180.